The number of para-hydroxylation sites is 2. The molecule has 184 valence electrons. The largest absolute Gasteiger partial charge is 0.457 e. The van der Waals surface area contributed by atoms with Crippen LogP contribution in [0.15, 0.2) is 121 Å². The second-order valence-electron chi connectivity index (χ2n) is 10.0. The lowest BCUT2D eigenvalue weighted by molar-refractivity contribution is 0.436. The van der Waals surface area contributed by atoms with Crippen molar-refractivity contribution in [2.75, 3.05) is 0 Å². The van der Waals surface area contributed by atoms with Gasteiger partial charge in [-0.15, -0.1) is 0 Å². The Morgan fingerprint density at radius 1 is 0.487 bits per heavy atom. The van der Waals surface area contributed by atoms with Crippen molar-refractivity contribution in [1.82, 2.24) is 15.0 Å². The van der Waals surface area contributed by atoms with E-state index in [1.54, 1.807) is 0 Å². The van der Waals surface area contributed by atoms with E-state index < -0.39 is 5.41 Å². The molecule has 0 saturated carbocycles. The summed E-state index contributed by atoms with van der Waals surface area (Å²) in [6.07, 6.45) is 0. The predicted molar refractivity (Wildman–Crippen MR) is 153 cm³/mol. The fourth-order valence-corrected chi connectivity index (χ4v) is 6.32. The van der Waals surface area contributed by atoms with Crippen molar-refractivity contribution >= 4 is 0 Å². The number of ether oxygens (including phenoxy) is 1. The second kappa shape index (κ2) is 8.20. The van der Waals surface area contributed by atoms with Crippen LogP contribution < -0.4 is 4.74 Å². The highest BCUT2D eigenvalue weighted by atomic mass is 16.5. The summed E-state index contributed by atoms with van der Waals surface area (Å²) in [4.78, 5) is 14.3. The molecule has 0 bridgehead atoms. The van der Waals surface area contributed by atoms with Crippen LogP contribution in [0.25, 0.3) is 33.9 Å². The molecule has 0 atom stereocenters. The molecule has 6 aromatic rings. The van der Waals surface area contributed by atoms with Crippen LogP contribution in [0.3, 0.4) is 0 Å². The minimum Gasteiger partial charge on any atom is -0.457 e. The number of aromatic nitrogens is 3. The topological polar surface area (TPSA) is 47.9 Å². The summed E-state index contributed by atoms with van der Waals surface area (Å²) in [5, 5.41) is 0. The molecular formula is C35H23N3O. The third kappa shape index (κ3) is 3.09. The van der Waals surface area contributed by atoms with E-state index >= 15 is 0 Å². The van der Waals surface area contributed by atoms with Gasteiger partial charge in [0, 0.05) is 22.3 Å². The Labute approximate surface area is 226 Å². The molecule has 1 aromatic heterocycles. The average Bonchev–Trinajstić information content (AvgIpc) is 3.28. The SMILES string of the molecule is Cc1nc(-c2ccccc2)nc(-c2ccc3c(c2)C2(c4ccccc4Oc4ccccc42)c2ccccc2-3)n1. The Morgan fingerprint density at radius 2 is 1.05 bits per heavy atom. The number of hydrogen-bond acceptors (Lipinski definition) is 4. The molecule has 1 aliphatic heterocycles. The molecular weight excluding hydrogens is 478 g/mol. The van der Waals surface area contributed by atoms with E-state index in [1.165, 1.54) is 22.3 Å². The number of nitrogens with zero attached hydrogens (tertiary/aromatic N) is 3. The molecule has 0 radical (unpaired) electrons. The van der Waals surface area contributed by atoms with Gasteiger partial charge in [-0.3, -0.25) is 0 Å². The van der Waals surface area contributed by atoms with E-state index in [0.717, 1.165) is 33.8 Å². The zero-order chi connectivity index (χ0) is 26.0. The van der Waals surface area contributed by atoms with Crippen molar-refractivity contribution < 1.29 is 4.74 Å². The first-order valence-corrected chi connectivity index (χ1v) is 13.1. The summed E-state index contributed by atoms with van der Waals surface area (Å²) >= 11 is 0. The normalized spacial score (nSPS) is 13.7. The van der Waals surface area contributed by atoms with Gasteiger partial charge in [0.15, 0.2) is 11.6 Å². The molecule has 0 amide bonds. The van der Waals surface area contributed by atoms with Gasteiger partial charge in [0.05, 0.1) is 5.41 Å². The van der Waals surface area contributed by atoms with Gasteiger partial charge in [0.2, 0.25) is 0 Å². The summed E-state index contributed by atoms with van der Waals surface area (Å²) in [5.74, 6) is 3.81. The quantitative estimate of drug-likeness (QED) is 0.241. The molecule has 0 N–H and O–H groups in total. The fourth-order valence-electron chi connectivity index (χ4n) is 6.32. The molecule has 0 saturated heterocycles. The number of aryl methyl sites for hydroxylation is 1. The van der Waals surface area contributed by atoms with Crippen molar-refractivity contribution in [2.24, 2.45) is 0 Å². The summed E-state index contributed by atoms with van der Waals surface area (Å²) < 4.78 is 6.46. The zero-order valence-corrected chi connectivity index (χ0v) is 21.3. The molecule has 0 unspecified atom stereocenters. The minimum atomic E-state index is -0.516. The maximum absolute atomic E-state index is 6.46. The number of rotatable bonds is 2. The monoisotopic (exact) mass is 501 g/mol. The van der Waals surface area contributed by atoms with Crippen molar-refractivity contribution in [2.45, 2.75) is 12.3 Å². The maximum Gasteiger partial charge on any atom is 0.163 e. The van der Waals surface area contributed by atoms with E-state index in [9.17, 15) is 0 Å². The highest BCUT2D eigenvalue weighted by Gasteiger charge is 2.51. The Morgan fingerprint density at radius 3 is 1.77 bits per heavy atom. The minimum absolute atomic E-state index is 0.516. The Bertz CT molecular complexity index is 1870. The van der Waals surface area contributed by atoms with Gasteiger partial charge < -0.3 is 4.74 Å². The summed E-state index contributed by atoms with van der Waals surface area (Å²) in [5.41, 5.74) is 8.63. The van der Waals surface area contributed by atoms with E-state index in [1.807, 2.05) is 49.4 Å². The number of hydrogen-bond donors (Lipinski definition) is 0. The van der Waals surface area contributed by atoms with Crippen LogP contribution in [0.5, 0.6) is 11.5 Å². The number of fused-ring (bicyclic) bond motifs is 9. The summed E-state index contributed by atoms with van der Waals surface area (Å²) in [6.45, 7) is 1.92. The molecule has 39 heavy (non-hydrogen) atoms. The van der Waals surface area contributed by atoms with Crippen molar-refractivity contribution in [3.8, 4) is 45.4 Å². The Kier molecular flexibility index (Phi) is 4.62. The summed E-state index contributed by atoms with van der Waals surface area (Å²) in [7, 11) is 0. The van der Waals surface area contributed by atoms with Gasteiger partial charge in [-0.25, -0.2) is 15.0 Å². The standard InChI is InChI=1S/C35H23N3O/c1-22-36-33(23-11-3-2-4-12-23)38-34(37-22)24-19-20-26-25-13-5-6-14-27(25)35(30(26)21-24)28-15-7-9-17-31(28)39-32-18-10-8-16-29(32)35/h2-21H,1H3. The molecule has 1 spiro atoms. The van der Waals surface area contributed by atoms with Crippen LogP contribution in [0, 0.1) is 6.92 Å². The molecule has 4 nitrogen and oxygen atoms in total. The maximum atomic E-state index is 6.46. The smallest absolute Gasteiger partial charge is 0.163 e. The lowest BCUT2D eigenvalue weighted by Gasteiger charge is -2.39. The third-order valence-electron chi connectivity index (χ3n) is 7.88. The highest BCUT2D eigenvalue weighted by molar-refractivity contribution is 5.89. The van der Waals surface area contributed by atoms with E-state index in [-0.39, 0.29) is 0 Å². The molecule has 8 rings (SSSR count). The van der Waals surface area contributed by atoms with Crippen molar-refractivity contribution in [1.29, 1.82) is 0 Å². The van der Waals surface area contributed by atoms with E-state index in [2.05, 4.69) is 83.8 Å². The summed E-state index contributed by atoms with van der Waals surface area (Å²) in [6, 6.07) is 42.3. The van der Waals surface area contributed by atoms with Gasteiger partial charge in [0.25, 0.3) is 0 Å². The zero-order valence-electron chi connectivity index (χ0n) is 21.3. The van der Waals surface area contributed by atoms with Crippen LogP contribution in [0.4, 0.5) is 0 Å². The van der Waals surface area contributed by atoms with Crippen molar-refractivity contribution in [3.63, 3.8) is 0 Å². The van der Waals surface area contributed by atoms with Crippen LogP contribution in [0.2, 0.25) is 0 Å². The predicted octanol–water partition coefficient (Wildman–Crippen LogP) is 7.98. The molecule has 2 heterocycles. The molecule has 0 fully saturated rings. The Balaban J connectivity index is 1.43. The third-order valence-corrected chi connectivity index (χ3v) is 7.88. The molecule has 2 aliphatic rings. The van der Waals surface area contributed by atoms with Gasteiger partial charge in [0.1, 0.15) is 17.3 Å². The molecule has 5 aromatic carbocycles. The van der Waals surface area contributed by atoms with Gasteiger partial charge in [-0.1, -0.05) is 103 Å². The van der Waals surface area contributed by atoms with Crippen LogP contribution in [0.1, 0.15) is 28.1 Å². The van der Waals surface area contributed by atoms with Crippen LogP contribution in [-0.2, 0) is 5.41 Å². The lowest BCUT2D eigenvalue weighted by atomic mass is 9.66. The fraction of sp³-hybridized carbons (Fsp3) is 0.0571. The lowest BCUT2D eigenvalue weighted by Crippen LogP contribution is -2.32. The Hall–Kier alpha value is -5.09. The van der Waals surface area contributed by atoms with Crippen molar-refractivity contribution in [3.05, 3.63) is 149 Å². The second-order valence-corrected chi connectivity index (χ2v) is 10.0. The molecule has 1 aliphatic carbocycles. The van der Waals surface area contributed by atoms with Gasteiger partial charge >= 0.3 is 0 Å². The van der Waals surface area contributed by atoms with Crippen LogP contribution in [-0.4, -0.2) is 15.0 Å². The van der Waals surface area contributed by atoms with E-state index in [0.29, 0.717) is 17.5 Å². The molecule has 4 heteroatoms. The first-order chi connectivity index (χ1) is 19.2. The van der Waals surface area contributed by atoms with Crippen LogP contribution >= 0.6 is 0 Å². The first kappa shape index (κ1) is 21.9. The average molecular weight is 502 g/mol. The highest BCUT2D eigenvalue weighted by Crippen LogP contribution is 2.62. The number of benzene rings is 5. The van der Waals surface area contributed by atoms with E-state index in [4.69, 9.17) is 14.7 Å². The van der Waals surface area contributed by atoms with Gasteiger partial charge in [-0.05, 0) is 47.4 Å². The van der Waals surface area contributed by atoms with Gasteiger partial charge in [-0.2, -0.15) is 0 Å². The first-order valence-electron chi connectivity index (χ1n) is 13.1.